The molecule has 0 aromatic heterocycles. The number of rotatable bonds is 4. The molecule has 0 unspecified atom stereocenters. The predicted molar refractivity (Wildman–Crippen MR) is 198 cm³/mol. The van der Waals surface area contributed by atoms with Crippen LogP contribution in [0.2, 0.25) is 0 Å². The van der Waals surface area contributed by atoms with Crippen LogP contribution >= 0.6 is 0 Å². The molecule has 0 nitrogen and oxygen atoms in total. The van der Waals surface area contributed by atoms with Crippen molar-refractivity contribution in [2.75, 3.05) is 0 Å². The first kappa shape index (κ1) is 10.0. The average Bonchev–Trinajstić information content (AvgIpc) is 3.40. The molecule has 0 amide bonds. The molecule has 0 aliphatic carbocycles. The van der Waals surface area contributed by atoms with Gasteiger partial charge in [-0.1, -0.05) is 163 Å². The molecule has 0 atom stereocenters. The van der Waals surface area contributed by atoms with Gasteiger partial charge in [0.2, 0.25) is 0 Å². The molecule has 0 saturated heterocycles. The molecule has 0 spiro atoms. The molecule has 0 fully saturated rings. The number of fused-ring (bicyclic) bond motifs is 4. The summed E-state index contributed by atoms with van der Waals surface area (Å²) in [5.41, 5.74) is -7.20. The zero-order valence-corrected chi connectivity index (χ0v) is 23.0. The largest absolute Gasteiger partial charge is 0.0636 e. The molecular weight excluding hydrogens is 553 g/mol. The van der Waals surface area contributed by atoms with Crippen LogP contribution in [0.25, 0.3) is 87.6 Å². The van der Waals surface area contributed by atoms with Crippen LogP contribution in [0.5, 0.6) is 0 Å². The number of hydrogen-bond acceptors (Lipinski definition) is 0. The van der Waals surface area contributed by atoms with Gasteiger partial charge in [-0.05, 0) is 106 Å². The van der Waals surface area contributed by atoms with Gasteiger partial charge in [-0.3, -0.25) is 0 Å². The van der Waals surface area contributed by atoms with E-state index in [0.29, 0.717) is 0 Å². The monoisotopic (exact) mass is 612 g/mol. The van der Waals surface area contributed by atoms with Gasteiger partial charge in [-0.15, -0.1) is 0 Å². The van der Waals surface area contributed by atoms with Gasteiger partial charge in [0.15, 0.2) is 0 Å². The maximum absolute atomic E-state index is 10.3. The highest BCUT2D eigenvalue weighted by atomic mass is 14.2. The van der Waals surface area contributed by atoms with Crippen LogP contribution in [0, 0.1) is 0 Å². The summed E-state index contributed by atoms with van der Waals surface area (Å²) in [5.74, 6) is 0. The van der Waals surface area contributed by atoms with Crippen molar-refractivity contribution in [3.63, 3.8) is 0 Å². The third-order valence-corrected chi connectivity index (χ3v) is 7.25. The van der Waals surface area contributed by atoms with Crippen molar-refractivity contribution in [1.82, 2.24) is 0 Å². The highest BCUT2D eigenvalue weighted by molar-refractivity contribution is 6.24. The Balaban J connectivity index is 1.77. The van der Waals surface area contributed by atoms with Gasteiger partial charge in [0.05, 0.1) is 41.1 Å². The van der Waals surface area contributed by atoms with E-state index in [0.717, 1.165) is 0 Å². The summed E-state index contributed by atoms with van der Waals surface area (Å²) in [4.78, 5) is 0. The van der Waals surface area contributed by atoms with Crippen LogP contribution in [0.4, 0.5) is 0 Å². The quantitative estimate of drug-likeness (QED) is 0.173. The van der Waals surface area contributed by atoms with E-state index in [9.17, 15) is 12.3 Å². The minimum absolute atomic E-state index is 0.690. The molecule has 0 saturated carbocycles. The number of hydrogen-bond donors (Lipinski definition) is 0. The number of benzene rings is 9. The molecular formula is C46H30. The van der Waals surface area contributed by atoms with Gasteiger partial charge < -0.3 is 0 Å². The standard InChI is InChI=1S/C46H30/c1-3-14-31(15-4-1)36-28-34-19-8-10-22-39(34)43(30-36)46-41-24-12-11-23-40(41)45(33-17-5-2-6-18-33)42-27-26-35(29-44(42)46)38-25-13-20-32-16-7-9-21-37(32)38/h1-30H/i1D,2D,3D,4D,5D,6D,7D,8D,9D,10D,11D,12D,13D,14D,15D,16D,17D,18D,19D,20D,21D,22D,23D,24D,25D,26D,27D,28D,29D,30D. The molecule has 0 radical (unpaired) electrons. The van der Waals surface area contributed by atoms with E-state index in [1.807, 2.05) is 0 Å². The first-order chi connectivity index (χ1) is 35.3. The van der Waals surface area contributed by atoms with Gasteiger partial charge >= 0.3 is 0 Å². The lowest BCUT2D eigenvalue weighted by molar-refractivity contribution is 1.63. The van der Waals surface area contributed by atoms with Crippen LogP contribution in [0.3, 0.4) is 0 Å². The minimum Gasteiger partial charge on any atom is -0.0622 e. The Hall–Kier alpha value is -5.98. The average molecular weight is 613 g/mol. The zero-order valence-electron chi connectivity index (χ0n) is 53.0. The highest BCUT2D eigenvalue weighted by Crippen LogP contribution is 2.47. The molecule has 46 heavy (non-hydrogen) atoms. The molecule has 0 aliphatic heterocycles. The van der Waals surface area contributed by atoms with Crippen molar-refractivity contribution in [1.29, 1.82) is 0 Å². The summed E-state index contributed by atoms with van der Waals surface area (Å²) in [5, 5.41) is -6.63. The minimum atomic E-state index is -1.18. The fraction of sp³-hybridized carbons (Fsp3) is 0. The van der Waals surface area contributed by atoms with Crippen LogP contribution in [-0.2, 0) is 0 Å². The molecule has 0 bridgehead atoms. The summed E-state index contributed by atoms with van der Waals surface area (Å²) < 4.78 is 272. The maximum Gasteiger partial charge on any atom is 0.0636 e. The summed E-state index contributed by atoms with van der Waals surface area (Å²) >= 11 is 0. The Kier molecular flexibility index (Phi) is 2.37. The second kappa shape index (κ2) is 10.9. The van der Waals surface area contributed by atoms with E-state index in [-0.39, 0.29) is 0 Å². The Morgan fingerprint density at radius 3 is 1.54 bits per heavy atom. The normalized spacial score (nSPS) is 20.6. The van der Waals surface area contributed by atoms with E-state index in [2.05, 4.69) is 0 Å². The molecule has 0 heteroatoms. The fourth-order valence-corrected chi connectivity index (χ4v) is 5.34. The maximum atomic E-state index is 10.3. The summed E-state index contributed by atoms with van der Waals surface area (Å²) in [7, 11) is 0. The topological polar surface area (TPSA) is 0 Å². The van der Waals surface area contributed by atoms with Crippen molar-refractivity contribution >= 4 is 43.1 Å². The van der Waals surface area contributed by atoms with E-state index in [4.69, 9.17) is 28.8 Å². The Morgan fingerprint density at radius 1 is 0.261 bits per heavy atom. The summed E-state index contributed by atoms with van der Waals surface area (Å²) in [6, 6.07) is -31.0. The lowest BCUT2D eigenvalue weighted by Gasteiger charge is -2.20. The Bertz CT molecular complexity index is 4210. The molecule has 9 aromatic rings. The van der Waals surface area contributed by atoms with Gasteiger partial charge in [-0.25, -0.2) is 0 Å². The van der Waals surface area contributed by atoms with E-state index < -0.39 is 269 Å². The van der Waals surface area contributed by atoms with Crippen molar-refractivity contribution in [2.24, 2.45) is 0 Å². The SMILES string of the molecule is [2H]c1c([2H])c([2H])c(-c2c([2H])c(-c3c4c([2H])c([2H])c([2H])c([2H])c4c(-c4c([2H])c([2H])c([2H])c([2H])c4[2H])c4c([2H])c([2H])c(-c5c([2H])c([2H])c([2H])c6c([2H])c([2H])c([2H])c([2H])c56)c([2H])c34)c3c([2H])c([2H])c([2H])c([2H])c3c2[2H])c([2H])c1[2H]. The van der Waals surface area contributed by atoms with Crippen molar-refractivity contribution in [3.8, 4) is 44.5 Å². The van der Waals surface area contributed by atoms with Crippen LogP contribution in [0.1, 0.15) is 41.1 Å². The molecule has 9 rings (SSSR count). The lowest BCUT2D eigenvalue weighted by Crippen LogP contribution is -1.93. The molecule has 0 heterocycles. The van der Waals surface area contributed by atoms with Gasteiger partial charge in [0.1, 0.15) is 0 Å². The molecule has 0 N–H and O–H groups in total. The van der Waals surface area contributed by atoms with Crippen molar-refractivity contribution in [2.45, 2.75) is 0 Å². The molecule has 9 aromatic carbocycles. The smallest absolute Gasteiger partial charge is 0.0622 e. The van der Waals surface area contributed by atoms with E-state index in [1.165, 1.54) is 0 Å². The van der Waals surface area contributed by atoms with Crippen LogP contribution < -0.4 is 0 Å². The second-order valence-corrected chi connectivity index (χ2v) is 9.75. The summed E-state index contributed by atoms with van der Waals surface area (Å²) in [6.07, 6.45) is 0. The van der Waals surface area contributed by atoms with Gasteiger partial charge in [-0.2, -0.15) is 0 Å². The van der Waals surface area contributed by atoms with E-state index in [1.54, 1.807) is 0 Å². The third-order valence-electron chi connectivity index (χ3n) is 7.25. The predicted octanol–water partition coefficient (Wildman–Crippen LogP) is 13.0. The Morgan fingerprint density at radius 2 is 0.804 bits per heavy atom. The van der Waals surface area contributed by atoms with Crippen LogP contribution in [0.15, 0.2) is 181 Å². The van der Waals surface area contributed by atoms with Gasteiger partial charge in [0.25, 0.3) is 0 Å². The van der Waals surface area contributed by atoms with Gasteiger partial charge in [0, 0.05) is 0 Å². The molecule has 214 valence electrons. The first-order valence-electron chi connectivity index (χ1n) is 28.5. The first-order valence-corrected chi connectivity index (χ1v) is 13.5. The Labute approximate surface area is 311 Å². The van der Waals surface area contributed by atoms with Crippen molar-refractivity contribution < 1.29 is 41.1 Å². The van der Waals surface area contributed by atoms with E-state index >= 15 is 0 Å². The summed E-state index contributed by atoms with van der Waals surface area (Å²) in [6.45, 7) is 0. The highest BCUT2D eigenvalue weighted by Gasteiger charge is 2.20. The molecule has 0 aliphatic rings. The zero-order chi connectivity index (χ0) is 56.6. The third kappa shape index (κ3) is 4.30. The second-order valence-electron chi connectivity index (χ2n) is 9.75. The lowest BCUT2D eigenvalue weighted by atomic mass is 9.82. The van der Waals surface area contributed by atoms with Crippen molar-refractivity contribution in [3.05, 3.63) is 181 Å². The fourth-order valence-electron chi connectivity index (χ4n) is 5.34. The van der Waals surface area contributed by atoms with Crippen LogP contribution in [-0.4, -0.2) is 0 Å².